The van der Waals surface area contributed by atoms with E-state index in [0.717, 1.165) is 24.4 Å². The highest BCUT2D eigenvalue weighted by molar-refractivity contribution is 8.00. The average Bonchev–Trinajstić information content (AvgIpc) is 3.09. The van der Waals surface area contributed by atoms with Crippen LogP contribution in [0.15, 0.2) is 72.1 Å². The standard InChI is InChI=1S/C20H21ClN2S/c1-16-4-2-3-5-20(16)24-19(14-23-13-12-22-15-23)11-8-17-6-9-18(21)10-7-17/h2-7,9-10,12-13,15,19H,8,11,14H2,1H3. The lowest BCUT2D eigenvalue weighted by Crippen LogP contribution is -2.13. The van der Waals surface area contributed by atoms with Gasteiger partial charge in [0.2, 0.25) is 0 Å². The number of aromatic nitrogens is 2. The molecule has 124 valence electrons. The molecule has 3 rings (SSSR count). The second-order valence-electron chi connectivity index (χ2n) is 5.93. The van der Waals surface area contributed by atoms with Crippen LogP contribution in [0.5, 0.6) is 0 Å². The van der Waals surface area contributed by atoms with E-state index in [4.69, 9.17) is 11.6 Å². The van der Waals surface area contributed by atoms with Crippen LogP contribution >= 0.6 is 23.4 Å². The number of rotatable bonds is 7. The van der Waals surface area contributed by atoms with Crippen molar-refractivity contribution < 1.29 is 0 Å². The molecule has 0 bridgehead atoms. The summed E-state index contributed by atoms with van der Waals surface area (Å²) in [6, 6.07) is 16.8. The van der Waals surface area contributed by atoms with E-state index in [-0.39, 0.29) is 0 Å². The van der Waals surface area contributed by atoms with E-state index >= 15 is 0 Å². The summed E-state index contributed by atoms with van der Waals surface area (Å²) in [5.41, 5.74) is 2.67. The fraction of sp³-hybridized carbons (Fsp3) is 0.250. The zero-order chi connectivity index (χ0) is 16.8. The number of hydrogen-bond acceptors (Lipinski definition) is 2. The molecule has 1 heterocycles. The highest BCUT2D eigenvalue weighted by atomic mass is 35.5. The first kappa shape index (κ1) is 17.1. The predicted octanol–water partition coefficient (Wildman–Crippen LogP) is 5.64. The lowest BCUT2D eigenvalue weighted by molar-refractivity contribution is 0.624. The molecule has 0 radical (unpaired) electrons. The molecule has 1 unspecified atom stereocenters. The van der Waals surface area contributed by atoms with Gasteiger partial charge in [-0.2, -0.15) is 0 Å². The minimum atomic E-state index is 0.496. The molecule has 0 N–H and O–H groups in total. The maximum Gasteiger partial charge on any atom is 0.0946 e. The average molecular weight is 357 g/mol. The summed E-state index contributed by atoms with van der Waals surface area (Å²) in [6.07, 6.45) is 7.93. The topological polar surface area (TPSA) is 17.8 Å². The Morgan fingerprint density at radius 2 is 1.92 bits per heavy atom. The smallest absolute Gasteiger partial charge is 0.0946 e. The molecule has 0 aliphatic rings. The predicted molar refractivity (Wildman–Crippen MR) is 103 cm³/mol. The van der Waals surface area contributed by atoms with Gasteiger partial charge in [-0.3, -0.25) is 0 Å². The van der Waals surface area contributed by atoms with Crippen LogP contribution in [0.1, 0.15) is 17.5 Å². The van der Waals surface area contributed by atoms with Gasteiger partial charge in [-0.15, -0.1) is 11.8 Å². The van der Waals surface area contributed by atoms with Crippen LogP contribution in [0.3, 0.4) is 0 Å². The molecule has 2 aromatic carbocycles. The van der Waals surface area contributed by atoms with Gasteiger partial charge >= 0.3 is 0 Å². The highest BCUT2D eigenvalue weighted by Gasteiger charge is 2.13. The van der Waals surface area contributed by atoms with Gasteiger partial charge in [-0.05, 0) is 49.1 Å². The Kier molecular flexibility index (Phi) is 6.00. The Morgan fingerprint density at radius 1 is 1.12 bits per heavy atom. The second kappa shape index (κ2) is 8.41. The third-order valence-electron chi connectivity index (χ3n) is 4.03. The third kappa shape index (κ3) is 4.89. The zero-order valence-electron chi connectivity index (χ0n) is 13.7. The van der Waals surface area contributed by atoms with Gasteiger partial charge in [-0.1, -0.05) is 41.9 Å². The van der Waals surface area contributed by atoms with Gasteiger partial charge in [-0.25, -0.2) is 4.98 Å². The number of hydrogen-bond donors (Lipinski definition) is 0. The van der Waals surface area contributed by atoms with E-state index in [1.807, 2.05) is 42.6 Å². The molecule has 0 aliphatic heterocycles. The molecule has 2 nitrogen and oxygen atoms in total. The fourth-order valence-electron chi connectivity index (χ4n) is 2.66. The number of halogens is 1. The van der Waals surface area contributed by atoms with E-state index < -0.39 is 0 Å². The normalized spacial score (nSPS) is 12.2. The van der Waals surface area contributed by atoms with Gasteiger partial charge in [0.25, 0.3) is 0 Å². The van der Waals surface area contributed by atoms with Crippen LogP contribution in [-0.2, 0) is 13.0 Å². The Labute approximate surface area is 152 Å². The Bertz CT molecular complexity index is 754. The van der Waals surface area contributed by atoms with Crippen LogP contribution in [0.4, 0.5) is 0 Å². The summed E-state index contributed by atoms with van der Waals surface area (Å²) < 4.78 is 2.16. The number of imidazole rings is 1. The van der Waals surface area contributed by atoms with E-state index in [1.54, 1.807) is 0 Å². The Balaban J connectivity index is 1.69. The molecule has 0 amide bonds. The second-order valence-corrected chi connectivity index (χ2v) is 7.71. The SMILES string of the molecule is Cc1ccccc1SC(CCc1ccc(Cl)cc1)Cn1ccnc1. The first-order valence-corrected chi connectivity index (χ1v) is 9.39. The van der Waals surface area contributed by atoms with Gasteiger partial charge in [0.1, 0.15) is 0 Å². The van der Waals surface area contributed by atoms with Crippen molar-refractivity contribution in [3.8, 4) is 0 Å². The summed E-state index contributed by atoms with van der Waals surface area (Å²) in [5, 5.41) is 1.29. The summed E-state index contributed by atoms with van der Waals surface area (Å²) in [5.74, 6) is 0. The van der Waals surface area contributed by atoms with E-state index in [0.29, 0.717) is 5.25 Å². The van der Waals surface area contributed by atoms with E-state index in [2.05, 4.69) is 52.9 Å². The van der Waals surface area contributed by atoms with Crippen molar-refractivity contribution in [2.45, 2.75) is 36.5 Å². The van der Waals surface area contributed by atoms with Crippen LogP contribution in [0, 0.1) is 6.92 Å². The molecular formula is C20H21ClN2S. The maximum absolute atomic E-state index is 5.98. The first-order chi connectivity index (χ1) is 11.7. The van der Waals surface area contributed by atoms with Crippen LogP contribution in [0.25, 0.3) is 0 Å². The number of thioether (sulfide) groups is 1. The fourth-order valence-corrected chi connectivity index (χ4v) is 4.04. The van der Waals surface area contributed by atoms with Gasteiger partial charge < -0.3 is 4.57 Å². The summed E-state index contributed by atoms with van der Waals surface area (Å²) >= 11 is 7.94. The molecular weight excluding hydrogens is 336 g/mol. The number of nitrogens with zero attached hydrogens (tertiary/aromatic N) is 2. The quantitative estimate of drug-likeness (QED) is 0.510. The Morgan fingerprint density at radius 3 is 2.62 bits per heavy atom. The minimum Gasteiger partial charge on any atom is -0.336 e. The first-order valence-electron chi connectivity index (χ1n) is 8.13. The highest BCUT2D eigenvalue weighted by Crippen LogP contribution is 2.30. The van der Waals surface area contributed by atoms with E-state index in [1.165, 1.54) is 16.0 Å². The van der Waals surface area contributed by atoms with Gasteiger partial charge in [0.05, 0.1) is 6.33 Å². The van der Waals surface area contributed by atoms with Gasteiger partial charge in [0, 0.05) is 34.1 Å². The lowest BCUT2D eigenvalue weighted by Gasteiger charge is -2.18. The molecule has 0 fully saturated rings. The monoisotopic (exact) mass is 356 g/mol. The van der Waals surface area contributed by atoms with Crippen molar-refractivity contribution in [1.82, 2.24) is 9.55 Å². The van der Waals surface area contributed by atoms with Crippen molar-refractivity contribution in [3.63, 3.8) is 0 Å². The molecule has 0 spiro atoms. The number of benzene rings is 2. The summed E-state index contributed by atoms with van der Waals surface area (Å²) in [6.45, 7) is 3.14. The van der Waals surface area contributed by atoms with Crippen molar-refractivity contribution >= 4 is 23.4 Å². The van der Waals surface area contributed by atoms with Gasteiger partial charge in [0.15, 0.2) is 0 Å². The third-order valence-corrected chi connectivity index (χ3v) is 5.71. The minimum absolute atomic E-state index is 0.496. The van der Waals surface area contributed by atoms with Crippen LogP contribution in [0.2, 0.25) is 5.02 Å². The molecule has 3 aromatic rings. The largest absolute Gasteiger partial charge is 0.336 e. The summed E-state index contributed by atoms with van der Waals surface area (Å²) in [7, 11) is 0. The molecule has 4 heteroatoms. The van der Waals surface area contributed by atoms with Crippen LogP contribution < -0.4 is 0 Å². The molecule has 24 heavy (non-hydrogen) atoms. The molecule has 0 saturated carbocycles. The van der Waals surface area contributed by atoms with E-state index in [9.17, 15) is 0 Å². The summed E-state index contributed by atoms with van der Waals surface area (Å²) in [4.78, 5) is 5.53. The maximum atomic E-state index is 5.98. The molecule has 1 aromatic heterocycles. The molecule has 1 atom stereocenters. The Hall–Kier alpha value is -1.71. The van der Waals surface area contributed by atoms with Crippen molar-refractivity contribution in [3.05, 3.63) is 83.4 Å². The zero-order valence-corrected chi connectivity index (χ0v) is 15.3. The molecule has 0 aliphatic carbocycles. The van der Waals surface area contributed by atoms with Crippen molar-refractivity contribution in [1.29, 1.82) is 0 Å². The van der Waals surface area contributed by atoms with Crippen LogP contribution in [-0.4, -0.2) is 14.8 Å². The number of aryl methyl sites for hydroxylation is 2. The molecule has 0 saturated heterocycles. The van der Waals surface area contributed by atoms with Crippen molar-refractivity contribution in [2.24, 2.45) is 0 Å². The lowest BCUT2D eigenvalue weighted by atomic mass is 10.1. The van der Waals surface area contributed by atoms with Crippen molar-refractivity contribution in [2.75, 3.05) is 0 Å².